The molecule has 3 nitrogen and oxygen atoms in total. The summed E-state index contributed by atoms with van der Waals surface area (Å²) in [6.45, 7) is 7.60. The van der Waals surface area contributed by atoms with Crippen molar-refractivity contribution in [1.82, 2.24) is 10.4 Å². The van der Waals surface area contributed by atoms with E-state index < -0.39 is 0 Å². The molecule has 0 aromatic rings. The van der Waals surface area contributed by atoms with E-state index in [0.717, 1.165) is 5.82 Å². The lowest BCUT2D eigenvalue weighted by Crippen LogP contribution is -2.24. The van der Waals surface area contributed by atoms with Gasteiger partial charge >= 0.3 is 0 Å². The molecule has 0 atom stereocenters. The maximum atomic E-state index is 3.81. The van der Waals surface area contributed by atoms with Crippen LogP contribution in [-0.4, -0.2) is 18.4 Å². The number of rotatable bonds is 0. The van der Waals surface area contributed by atoms with Gasteiger partial charge < -0.3 is 0 Å². The lowest BCUT2D eigenvalue weighted by atomic mass is 10.8. The van der Waals surface area contributed by atoms with E-state index >= 15 is 0 Å². The van der Waals surface area contributed by atoms with Crippen molar-refractivity contribution in [2.24, 2.45) is 4.99 Å². The van der Waals surface area contributed by atoms with Gasteiger partial charge in [-0.05, 0) is 0 Å². The summed E-state index contributed by atoms with van der Waals surface area (Å²) in [7, 11) is 1.86. The van der Waals surface area contributed by atoms with Crippen LogP contribution in [0.5, 0.6) is 0 Å². The molecule has 0 amide bonds. The Morgan fingerprint density at radius 2 is 2.22 bits per heavy atom. The summed E-state index contributed by atoms with van der Waals surface area (Å²) >= 11 is 0. The van der Waals surface area contributed by atoms with E-state index in [1.807, 2.05) is 20.9 Å². The van der Waals surface area contributed by atoms with Crippen molar-refractivity contribution in [3.8, 4) is 0 Å². The SMILES string of the molecule is C=C1N=CNN1C.CC. The molecular formula is C6H13N3. The first-order valence-electron chi connectivity index (χ1n) is 3.02. The molecule has 0 spiro atoms. The Kier molecular flexibility index (Phi) is 3.51. The highest BCUT2D eigenvalue weighted by Gasteiger charge is 2.00. The highest BCUT2D eigenvalue weighted by molar-refractivity contribution is 5.58. The average molecular weight is 127 g/mol. The molecule has 1 heterocycles. The van der Waals surface area contributed by atoms with E-state index in [1.165, 1.54) is 0 Å². The van der Waals surface area contributed by atoms with E-state index in [4.69, 9.17) is 0 Å². The molecule has 0 unspecified atom stereocenters. The topological polar surface area (TPSA) is 27.6 Å². The van der Waals surface area contributed by atoms with Crippen molar-refractivity contribution in [3.05, 3.63) is 12.4 Å². The van der Waals surface area contributed by atoms with Crippen molar-refractivity contribution >= 4 is 6.34 Å². The molecule has 9 heavy (non-hydrogen) atoms. The van der Waals surface area contributed by atoms with Crippen LogP contribution in [0, 0.1) is 0 Å². The van der Waals surface area contributed by atoms with Crippen molar-refractivity contribution < 1.29 is 0 Å². The first-order valence-corrected chi connectivity index (χ1v) is 3.02. The number of hydrogen-bond donors (Lipinski definition) is 1. The van der Waals surface area contributed by atoms with Crippen LogP contribution in [0.25, 0.3) is 0 Å². The monoisotopic (exact) mass is 127 g/mol. The van der Waals surface area contributed by atoms with Crippen LogP contribution in [0.4, 0.5) is 0 Å². The summed E-state index contributed by atoms with van der Waals surface area (Å²) < 4.78 is 0. The standard InChI is InChI=1S/C4H7N3.C2H6/c1-4-5-3-6-7(4)2;1-2/h3H,1H2,2H3,(H,5,6);1-2H3. The predicted octanol–water partition coefficient (Wildman–Crippen LogP) is 0.962. The van der Waals surface area contributed by atoms with Crippen LogP contribution in [0.1, 0.15) is 13.8 Å². The first kappa shape index (κ1) is 8.01. The molecule has 0 fully saturated rings. The summed E-state index contributed by atoms with van der Waals surface area (Å²) in [4.78, 5) is 3.81. The highest BCUT2D eigenvalue weighted by atomic mass is 15.6. The minimum atomic E-state index is 0.750. The van der Waals surface area contributed by atoms with Crippen LogP contribution in [0.3, 0.4) is 0 Å². The van der Waals surface area contributed by atoms with Gasteiger partial charge in [0.1, 0.15) is 12.2 Å². The minimum absolute atomic E-state index is 0.750. The number of hydrogen-bond acceptors (Lipinski definition) is 3. The molecule has 0 radical (unpaired) electrons. The van der Waals surface area contributed by atoms with E-state index in [1.54, 1.807) is 11.3 Å². The fourth-order valence-electron chi connectivity index (χ4n) is 0.351. The molecule has 1 N–H and O–H groups in total. The molecule has 1 aliphatic heterocycles. The number of nitrogens with one attached hydrogen (secondary N) is 1. The van der Waals surface area contributed by atoms with Crippen LogP contribution in [0.2, 0.25) is 0 Å². The van der Waals surface area contributed by atoms with Crippen molar-refractivity contribution in [2.45, 2.75) is 13.8 Å². The molecule has 0 aromatic carbocycles. The van der Waals surface area contributed by atoms with Gasteiger partial charge in [0.05, 0.1) is 0 Å². The third-order valence-corrected chi connectivity index (χ3v) is 0.852. The fourth-order valence-corrected chi connectivity index (χ4v) is 0.351. The van der Waals surface area contributed by atoms with Gasteiger partial charge in [-0.15, -0.1) is 0 Å². The third-order valence-electron chi connectivity index (χ3n) is 0.852. The second-order valence-electron chi connectivity index (χ2n) is 1.36. The maximum Gasteiger partial charge on any atom is 0.141 e. The van der Waals surface area contributed by atoms with E-state index in [0.29, 0.717) is 0 Å². The van der Waals surface area contributed by atoms with Crippen molar-refractivity contribution in [3.63, 3.8) is 0 Å². The van der Waals surface area contributed by atoms with Gasteiger partial charge in [-0.1, -0.05) is 20.4 Å². The normalized spacial score (nSPS) is 14.6. The lowest BCUT2D eigenvalue weighted by molar-refractivity contribution is 0.398. The molecule has 1 rings (SSSR count). The Labute approximate surface area is 56.0 Å². The first-order chi connectivity index (χ1) is 4.30. The molecule has 0 saturated carbocycles. The van der Waals surface area contributed by atoms with Crippen LogP contribution < -0.4 is 5.43 Å². The molecule has 0 aliphatic carbocycles. The van der Waals surface area contributed by atoms with Gasteiger partial charge in [0.2, 0.25) is 0 Å². The Bertz CT molecular complexity index is 117. The van der Waals surface area contributed by atoms with Crippen LogP contribution in [0.15, 0.2) is 17.4 Å². The van der Waals surface area contributed by atoms with Gasteiger partial charge in [-0.25, -0.2) is 4.99 Å². The summed E-state index contributed by atoms with van der Waals surface area (Å²) in [5.41, 5.74) is 2.81. The lowest BCUT2D eigenvalue weighted by Gasteiger charge is -2.07. The summed E-state index contributed by atoms with van der Waals surface area (Å²) in [6.07, 6.45) is 1.60. The number of hydrazine groups is 1. The van der Waals surface area contributed by atoms with Gasteiger partial charge in [-0.2, -0.15) is 0 Å². The number of nitrogens with zero attached hydrogens (tertiary/aromatic N) is 2. The summed E-state index contributed by atoms with van der Waals surface area (Å²) in [6, 6.07) is 0. The second kappa shape index (κ2) is 3.95. The Morgan fingerprint density at radius 1 is 1.67 bits per heavy atom. The summed E-state index contributed by atoms with van der Waals surface area (Å²) in [5.74, 6) is 0.750. The van der Waals surface area contributed by atoms with Crippen molar-refractivity contribution in [1.29, 1.82) is 0 Å². The molecule has 0 aromatic heterocycles. The molecule has 0 saturated heterocycles. The van der Waals surface area contributed by atoms with Gasteiger partial charge in [0, 0.05) is 7.05 Å². The zero-order valence-electron chi connectivity index (χ0n) is 6.18. The molecule has 1 aliphatic rings. The van der Waals surface area contributed by atoms with Crippen LogP contribution >= 0.6 is 0 Å². The minimum Gasteiger partial charge on any atom is -0.287 e. The van der Waals surface area contributed by atoms with E-state index in [2.05, 4.69) is 17.0 Å². The maximum absolute atomic E-state index is 3.81. The third kappa shape index (κ3) is 2.17. The van der Waals surface area contributed by atoms with Crippen LogP contribution in [-0.2, 0) is 0 Å². The molecule has 0 bridgehead atoms. The zero-order valence-corrected chi connectivity index (χ0v) is 6.18. The molecule has 3 heteroatoms. The summed E-state index contributed by atoms with van der Waals surface area (Å²) in [5, 5.41) is 1.74. The quantitative estimate of drug-likeness (QED) is 0.525. The Balaban J connectivity index is 0.000000291. The predicted molar refractivity (Wildman–Crippen MR) is 39.9 cm³/mol. The Morgan fingerprint density at radius 3 is 2.33 bits per heavy atom. The van der Waals surface area contributed by atoms with Gasteiger partial charge in [0.25, 0.3) is 0 Å². The Hall–Kier alpha value is -0.990. The van der Waals surface area contributed by atoms with E-state index in [-0.39, 0.29) is 0 Å². The average Bonchev–Trinajstić information content (AvgIpc) is 2.23. The largest absolute Gasteiger partial charge is 0.287 e. The fraction of sp³-hybridized carbons (Fsp3) is 0.500. The second-order valence-corrected chi connectivity index (χ2v) is 1.36. The number of aliphatic imine (C=N–C) groups is 1. The molecule has 52 valence electrons. The van der Waals surface area contributed by atoms with Gasteiger partial charge in [0.15, 0.2) is 0 Å². The van der Waals surface area contributed by atoms with Gasteiger partial charge in [-0.3, -0.25) is 10.4 Å². The van der Waals surface area contributed by atoms with E-state index in [9.17, 15) is 0 Å². The van der Waals surface area contributed by atoms with Crippen molar-refractivity contribution in [2.75, 3.05) is 7.05 Å². The highest BCUT2D eigenvalue weighted by Crippen LogP contribution is 1.97. The zero-order chi connectivity index (χ0) is 7.28. The molecular weight excluding hydrogens is 114 g/mol. The smallest absolute Gasteiger partial charge is 0.141 e.